The lowest BCUT2D eigenvalue weighted by atomic mass is 10.1. The highest BCUT2D eigenvalue weighted by Crippen LogP contribution is 2.22. The highest BCUT2D eigenvalue weighted by atomic mass is 32.2. The van der Waals surface area contributed by atoms with E-state index in [4.69, 9.17) is 4.74 Å². The van der Waals surface area contributed by atoms with E-state index in [1.54, 1.807) is 41.4 Å². The molecule has 2 aliphatic heterocycles. The van der Waals surface area contributed by atoms with Crippen molar-refractivity contribution in [2.45, 2.75) is 26.3 Å². The standard InChI is InChI=1S/C27H34N4O3S/c1-20-7-5-8-22(17-20)31-14-13-30(18-21(31)2)12-6-11-28-26(32)23-9-3-4-10-24(23)29-27(33)25-19-35-16-15-34-25/h3-5,7-10,17,19,21H,6,11-16,18H2,1-2H3,(H,28,32)(H,29,33). The van der Waals surface area contributed by atoms with Crippen molar-refractivity contribution in [3.05, 3.63) is 70.8 Å². The summed E-state index contributed by atoms with van der Waals surface area (Å²) in [5, 5.41) is 7.53. The molecule has 2 N–H and O–H groups in total. The second-order valence-corrected chi connectivity index (χ2v) is 9.97. The third-order valence-electron chi connectivity index (χ3n) is 6.27. The predicted molar refractivity (Wildman–Crippen MR) is 143 cm³/mol. The van der Waals surface area contributed by atoms with E-state index < -0.39 is 0 Å². The lowest BCUT2D eigenvalue weighted by molar-refractivity contribution is -0.116. The maximum atomic E-state index is 12.8. The van der Waals surface area contributed by atoms with Crippen LogP contribution in [-0.2, 0) is 9.53 Å². The van der Waals surface area contributed by atoms with E-state index in [1.807, 2.05) is 0 Å². The summed E-state index contributed by atoms with van der Waals surface area (Å²) in [5.41, 5.74) is 3.51. The Morgan fingerprint density at radius 2 is 1.97 bits per heavy atom. The number of hydrogen-bond donors (Lipinski definition) is 2. The van der Waals surface area contributed by atoms with Crippen LogP contribution in [-0.4, -0.2) is 67.8 Å². The Hall–Kier alpha value is -2.97. The molecule has 35 heavy (non-hydrogen) atoms. The zero-order chi connectivity index (χ0) is 24.6. The molecule has 0 aromatic heterocycles. The Balaban J connectivity index is 1.23. The number of thioether (sulfide) groups is 1. The van der Waals surface area contributed by atoms with Gasteiger partial charge in [-0.1, -0.05) is 24.3 Å². The lowest BCUT2D eigenvalue weighted by Gasteiger charge is -2.41. The van der Waals surface area contributed by atoms with E-state index in [0.717, 1.165) is 38.4 Å². The van der Waals surface area contributed by atoms with Crippen LogP contribution in [0.2, 0.25) is 0 Å². The first kappa shape index (κ1) is 25.1. The molecule has 0 aliphatic carbocycles. The van der Waals surface area contributed by atoms with Crippen molar-refractivity contribution >= 4 is 35.0 Å². The topological polar surface area (TPSA) is 73.9 Å². The summed E-state index contributed by atoms with van der Waals surface area (Å²) < 4.78 is 5.41. The first-order valence-corrected chi connectivity index (χ1v) is 13.2. The molecule has 1 unspecified atom stereocenters. The van der Waals surface area contributed by atoms with Gasteiger partial charge >= 0.3 is 0 Å². The average molecular weight is 495 g/mol. The largest absolute Gasteiger partial charge is 0.487 e. The highest BCUT2D eigenvalue weighted by Gasteiger charge is 2.24. The monoisotopic (exact) mass is 494 g/mol. The van der Waals surface area contributed by atoms with Gasteiger partial charge in [-0.05, 0) is 56.6 Å². The number of hydrogen-bond acceptors (Lipinski definition) is 6. The molecule has 186 valence electrons. The number of aryl methyl sites for hydroxylation is 1. The van der Waals surface area contributed by atoms with Crippen molar-refractivity contribution in [1.82, 2.24) is 10.2 Å². The fourth-order valence-corrected chi connectivity index (χ4v) is 5.11. The van der Waals surface area contributed by atoms with Gasteiger partial charge < -0.3 is 20.3 Å². The van der Waals surface area contributed by atoms with Gasteiger partial charge in [0.2, 0.25) is 0 Å². The Morgan fingerprint density at radius 3 is 2.74 bits per heavy atom. The van der Waals surface area contributed by atoms with Gasteiger partial charge in [0.1, 0.15) is 0 Å². The third-order valence-corrected chi connectivity index (χ3v) is 7.06. The minimum absolute atomic E-state index is 0.188. The number of ether oxygens (including phenoxy) is 1. The molecule has 0 bridgehead atoms. The molecule has 1 atom stereocenters. The number of amides is 2. The van der Waals surface area contributed by atoms with E-state index in [9.17, 15) is 9.59 Å². The third kappa shape index (κ3) is 6.80. The summed E-state index contributed by atoms with van der Waals surface area (Å²) in [4.78, 5) is 30.2. The van der Waals surface area contributed by atoms with Crippen LogP contribution in [0.5, 0.6) is 0 Å². The van der Waals surface area contributed by atoms with Crippen LogP contribution in [0.1, 0.15) is 29.3 Å². The second-order valence-electron chi connectivity index (χ2n) is 8.99. The number of para-hydroxylation sites is 1. The molecule has 1 saturated heterocycles. The fourth-order valence-electron chi connectivity index (χ4n) is 4.49. The van der Waals surface area contributed by atoms with E-state index in [-0.39, 0.29) is 17.6 Å². The van der Waals surface area contributed by atoms with E-state index in [0.29, 0.717) is 30.4 Å². The Kier molecular flexibility index (Phi) is 8.71. The van der Waals surface area contributed by atoms with Crippen LogP contribution in [0.25, 0.3) is 0 Å². The van der Waals surface area contributed by atoms with Gasteiger partial charge in [0, 0.05) is 49.1 Å². The molecule has 4 rings (SSSR count). The van der Waals surface area contributed by atoms with Gasteiger partial charge in [-0.15, -0.1) is 11.8 Å². The summed E-state index contributed by atoms with van der Waals surface area (Å²) in [6.45, 7) is 9.45. The van der Waals surface area contributed by atoms with Gasteiger partial charge in [-0.25, -0.2) is 0 Å². The lowest BCUT2D eigenvalue weighted by Crippen LogP contribution is -2.52. The van der Waals surface area contributed by atoms with Crippen molar-refractivity contribution in [2.75, 3.05) is 55.3 Å². The summed E-state index contributed by atoms with van der Waals surface area (Å²) in [6, 6.07) is 16.2. The number of carbonyl (C=O) groups is 2. The molecule has 8 heteroatoms. The Morgan fingerprint density at radius 1 is 1.11 bits per heavy atom. The second kappa shape index (κ2) is 12.1. The molecule has 2 heterocycles. The van der Waals surface area contributed by atoms with Crippen LogP contribution < -0.4 is 15.5 Å². The zero-order valence-corrected chi connectivity index (χ0v) is 21.3. The molecule has 7 nitrogen and oxygen atoms in total. The highest BCUT2D eigenvalue weighted by molar-refractivity contribution is 8.02. The maximum absolute atomic E-state index is 12.8. The molecular weight excluding hydrogens is 460 g/mol. The summed E-state index contributed by atoms with van der Waals surface area (Å²) in [7, 11) is 0. The van der Waals surface area contributed by atoms with E-state index in [1.165, 1.54) is 11.3 Å². The molecule has 0 radical (unpaired) electrons. The van der Waals surface area contributed by atoms with Gasteiger partial charge in [0.05, 0.1) is 17.9 Å². The first-order chi connectivity index (χ1) is 17.0. The molecule has 1 fully saturated rings. The quantitative estimate of drug-likeness (QED) is 0.543. The number of anilines is 2. The van der Waals surface area contributed by atoms with Gasteiger partial charge in [-0.3, -0.25) is 14.5 Å². The Bertz CT molecular complexity index is 1070. The van der Waals surface area contributed by atoms with E-state index in [2.05, 4.69) is 58.5 Å². The number of carbonyl (C=O) groups excluding carboxylic acids is 2. The number of benzene rings is 2. The summed E-state index contributed by atoms with van der Waals surface area (Å²) in [5.74, 6) is 0.591. The minimum atomic E-state index is -0.337. The summed E-state index contributed by atoms with van der Waals surface area (Å²) >= 11 is 1.54. The van der Waals surface area contributed by atoms with Gasteiger partial charge in [-0.2, -0.15) is 0 Å². The normalized spacial score (nSPS) is 18.4. The summed E-state index contributed by atoms with van der Waals surface area (Å²) in [6.07, 6.45) is 0.870. The average Bonchev–Trinajstić information content (AvgIpc) is 2.87. The van der Waals surface area contributed by atoms with Gasteiger partial charge in [0.15, 0.2) is 5.76 Å². The van der Waals surface area contributed by atoms with Gasteiger partial charge in [0.25, 0.3) is 11.8 Å². The SMILES string of the molecule is Cc1cccc(N2CCN(CCCNC(=O)c3ccccc3NC(=O)C3=CSCCO3)CC2C)c1. The molecule has 2 aromatic carbocycles. The molecule has 2 aliphatic rings. The fraction of sp³-hybridized carbons (Fsp3) is 0.407. The minimum Gasteiger partial charge on any atom is -0.487 e. The van der Waals surface area contributed by atoms with Crippen LogP contribution in [0, 0.1) is 6.92 Å². The molecule has 2 aromatic rings. The first-order valence-electron chi connectivity index (χ1n) is 12.2. The van der Waals surface area contributed by atoms with Crippen molar-refractivity contribution < 1.29 is 14.3 Å². The molecule has 0 saturated carbocycles. The smallest absolute Gasteiger partial charge is 0.291 e. The van der Waals surface area contributed by atoms with Crippen molar-refractivity contribution in [3.63, 3.8) is 0 Å². The van der Waals surface area contributed by atoms with Crippen LogP contribution in [0.3, 0.4) is 0 Å². The molecule has 2 amide bonds. The van der Waals surface area contributed by atoms with E-state index >= 15 is 0 Å². The zero-order valence-electron chi connectivity index (χ0n) is 20.5. The maximum Gasteiger partial charge on any atom is 0.291 e. The Labute approximate surface area is 211 Å². The van der Waals surface area contributed by atoms with Crippen molar-refractivity contribution in [1.29, 1.82) is 0 Å². The van der Waals surface area contributed by atoms with Crippen LogP contribution in [0.4, 0.5) is 11.4 Å². The number of nitrogens with zero attached hydrogens (tertiary/aromatic N) is 2. The molecule has 0 spiro atoms. The van der Waals surface area contributed by atoms with Crippen molar-refractivity contribution in [2.24, 2.45) is 0 Å². The number of nitrogens with one attached hydrogen (secondary N) is 2. The van der Waals surface area contributed by atoms with Crippen molar-refractivity contribution in [3.8, 4) is 0 Å². The molecular formula is C27H34N4O3S. The number of rotatable bonds is 8. The number of piperazine rings is 1. The van der Waals surface area contributed by atoms with Crippen LogP contribution in [0.15, 0.2) is 59.7 Å². The predicted octanol–water partition coefficient (Wildman–Crippen LogP) is 3.87. The van der Waals surface area contributed by atoms with Crippen LogP contribution >= 0.6 is 11.8 Å².